The molecule has 0 saturated heterocycles. The molecule has 0 aliphatic heterocycles. The van der Waals surface area contributed by atoms with Crippen LogP contribution in [0.25, 0.3) is 0 Å². The monoisotopic (exact) mass is 292 g/mol. The van der Waals surface area contributed by atoms with E-state index in [4.69, 9.17) is 5.26 Å². The van der Waals surface area contributed by atoms with Crippen molar-refractivity contribution in [1.29, 1.82) is 5.26 Å². The van der Waals surface area contributed by atoms with E-state index < -0.39 is 33.6 Å². The van der Waals surface area contributed by atoms with Crippen molar-refractivity contribution < 1.29 is 22.3 Å². The number of nitrogens with zero attached hydrogens (tertiary/aromatic N) is 2. The van der Waals surface area contributed by atoms with E-state index in [1.165, 1.54) is 0 Å². The number of benzene rings is 1. The number of nitro groups is 1. The van der Waals surface area contributed by atoms with E-state index >= 15 is 0 Å². The molecule has 19 heavy (non-hydrogen) atoms. The number of alkyl halides is 3. The van der Waals surface area contributed by atoms with E-state index in [2.05, 4.69) is 0 Å². The predicted octanol–water partition coefficient (Wildman–Crippen LogP) is 2.40. The highest BCUT2D eigenvalue weighted by atomic mass is 32.2. The van der Waals surface area contributed by atoms with Gasteiger partial charge in [-0.1, -0.05) is 0 Å². The maximum atomic E-state index is 12.3. The zero-order valence-electron chi connectivity index (χ0n) is 9.26. The molecule has 0 aromatic heterocycles. The van der Waals surface area contributed by atoms with Gasteiger partial charge in [0, 0.05) is 17.0 Å². The Balaban J connectivity index is 2.84. The van der Waals surface area contributed by atoms with Gasteiger partial charge in [-0.15, -0.1) is 0 Å². The average Bonchev–Trinajstić information content (AvgIpc) is 2.34. The summed E-state index contributed by atoms with van der Waals surface area (Å²) in [7, 11) is -2.05. The first-order chi connectivity index (χ1) is 8.75. The number of non-ortho nitro benzene ring substituents is 1. The summed E-state index contributed by atoms with van der Waals surface area (Å²) >= 11 is 0. The SMILES string of the molecule is N#CC(CS(=O)c1ccc([N+](=O)[O-])cc1)C(F)(F)F. The van der Waals surface area contributed by atoms with Crippen LogP contribution in [0.15, 0.2) is 29.2 Å². The Bertz CT molecular complexity index is 536. The summed E-state index contributed by atoms with van der Waals surface area (Å²) in [5.74, 6) is -3.22. The van der Waals surface area contributed by atoms with Gasteiger partial charge in [-0.2, -0.15) is 18.4 Å². The van der Waals surface area contributed by atoms with E-state index in [1.807, 2.05) is 0 Å². The first-order valence-electron chi connectivity index (χ1n) is 4.85. The van der Waals surface area contributed by atoms with Crippen molar-refractivity contribution in [1.82, 2.24) is 0 Å². The fourth-order valence-electron chi connectivity index (χ4n) is 1.17. The second-order valence-corrected chi connectivity index (χ2v) is 4.98. The minimum absolute atomic E-state index is 0.00935. The molecule has 1 aromatic carbocycles. The van der Waals surface area contributed by atoms with E-state index in [-0.39, 0.29) is 10.6 Å². The van der Waals surface area contributed by atoms with Crippen molar-refractivity contribution in [3.63, 3.8) is 0 Å². The van der Waals surface area contributed by atoms with Gasteiger partial charge in [-0.25, -0.2) is 0 Å². The molecular formula is C10H7F3N2O3S. The topological polar surface area (TPSA) is 84.0 Å². The number of nitro benzene ring substituents is 1. The fourth-order valence-corrected chi connectivity index (χ4v) is 2.37. The van der Waals surface area contributed by atoms with E-state index in [9.17, 15) is 27.5 Å². The van der Waals surface area contributed by atoms with Crippen LogP contribution in [0.1, 0.15) is 0 Å². The first-order valence-corrected chi connectivity index (χ1v) is 6.16. The highest BCUT2D eigenvalue weighted by Crippen LogP contribution is 2.27. The summed E-state index contributed by atoms with van der Waals surface area (Å²) in [6.07, 6.45) is -4.74. The lowest BCUT2D eigenvalue weighted by Crippen LogP contribution is -2.26. The number of hydrogen-bond acceptors (Lipinski definition) is 4. The summed E-state index contributed by atoms with van der Waals surface area (Å²) < 4.78 is 48.6. The normalized spacial score (nSPS) is 14.4. The van der Waals surface area contributed by atoms with Gasteiger partial charge < -0.3 is 0 Å². The molecule has 0 radical (unpaired) electrons. The maximum absolute atomic E-state index is 12.3. The second kappa shape index (κ2) is 5.79. The molecule has 102 valence electrons. The standard InChI is InChI=1S/C10H7F3N2O3S/c11-10(12,13)7(5-14)6-19(18)9-3-1-8(2-4-9)15(16)17/h1-4,7H,6H2. The smallest absolute Gasteiger partial charge is 0.258 e. The molecule has 5 nitrogen and oxygen atoms in total. The van der Waals surface area contributed by atoms with Crippen LogP contribution in [0.5, 0.6) is 0 Å². The maximum Gasteiger partial charge on any atom is 0.405 e. The number of rotatable bonds is 4. The quantitative estimate of drug-likeness (QED) is 0.630. The fraction of sp³-hybridized carbons (Fsp3) is 0.300. The van der Waals surface area contributed by atoms with Gasteiger partial charge in [0.2, 0.25) is 0 Å². The Labute approximate surface area is 108 Å². The molecule has 0 heterocycles. The Morgan fingerprint density at radius 3 is 2.26 bits per heavy atom. The highest BCUT2D eigenvalue weighted by Gasteiger charge is 2.41. The lowest BCUT2D eigenvalue weighted by atomic mass is 10.2. The van der Waals surface area contributed by atoms with Crippen LogP contribution in [-0.4, -0.2) is 21.1 Å². The lowest BCUT2D eigenvalue weighted by molar-refractivity contribution is -0.384. The third-order valence-electron chi connectivity index (χ3n) is 2.18. The molecule has 2 atom stereocenters. The van der Waals surface area contributed by atoms with Crippen LogP contribution in [-0.2, 0) is 10.8 Å². The van der Waals surface area contributed by atoms with Crippen molar-refractivity contribution in [2.24, 2.45) is 5.92 Å². The Kier molecular flexibility index (Phi) is 4.61. The van der Waals surface area contributed by atoms with Gasteiger partial charge in [0.15, 0.2) is 5.92 Å². The van der Waals surface area contributed by atoms with Gasteiger partial charge in [0.25, 0.3) is 5.69 Å². The number of hydrogen-bond donors (Lipinski definition) is 0. The minimum Gasteiger partial charge on any atom is -0.258 e. The van der Waals surface area contributed by atoms with Crippen LogP contribution in [0.3, 0.4) is 0 Å². The molecule has 1 rings (SSSR count). The Morgan fingerprint density at radius 2 is 1.89 bits per heavy atom. The van der Waals surface area contributed by atoms with Gasteiger partial charge >= 0.3 is 6.18 Å². The summed E-state index contributed by atoms with van der Waals surface area (Å²) in [6.45, 7) is 0. The molecule has 2 unspecified atom stereocenters. The van der Waals surface area contributed by atoms with Crippen LogP contribution < -0.4 is 0 Å². The molecule has 0 fully saturated rings. The largest absolute Gasteiger partial charge is 0.405 e. The highest BCUT2D eigenvalue weighted by molar-refractivity contribution is 7.85. The molecular weight excluding hydrogens is 285 g/mol. The third kappa shape index (κ3) is 4.03. The Hall–Kier alpha value is -1.95. The zero-order valence-corrected chi connectivity index (χ0v) is 10.1. The molecule has 0 amide bonds. The average molecular weight is 292 g/mol. The number of nitriles is 1. The summed E-state index contributed by atoms with van der Waals surface area (Å²) in [6, 6.07) is 5.35. The van der Waals surface area contributed by atoms with Crippen LogP contribution in [0.2, 0.25) is 0 Å². The molecule has 9 heteroatoms. The summed E-state index contributed by atoms with van der Waals surface area (Å²) in [4.78, 5) is 9.70. The third-order valence-corrected chi connectivity index (χ3v) is 3.61. The van der Waals surface area contributed by atoms with Crippen molar-refractivity contribution in [3.8, 4) is 6.07 Å². The zero-order chi connectivity index (χ0) is 14.6. The van der Waals surface area contributed by atoms with Crippen molar-refractivity contribution >= 4 is 16.5 Å². The predicted molar refractivity (Wildman–Crippen MR) is 59.5 cm³/mol. The molecule has 0 aliphatic rings. The summed E-state index contributed by atoms with van der Waals surface area (Å²) in [5.41, 5.74) is -0.256. The van der Waals surface area contributed by atoms with Crippen molar-refractivity contribution in [2.75, 3.05) is 5.75 Å². The second-order valence-electron chi connectivity index (χ2n) is 3.49. The minimum atomic E-state index is -4.74. The van der Waals surface area contributed by atoms with Crippen molar-refractivity contribution in [2.45, 2.75) is 11.1 Å². The van der Waals surface area contributed by atoms with E-state index in [0.29, 0.717) is 0 Å². The van der Waals surface area contributed by atoms with E-state index in [0.717, 1.165) is 30.3 Å². The molecule has 1 aromatic rings. The van der Waals surface area contributed by atoms with Gasteiger partial charge in [0.05, 0.1) is 27.5 Å². The summed E-state index contributed by atoms with van der Waals surface area (Å²) in [5, 5.41) is 18.8. The van der Waals surface area contributed by atoms with Gasteiger partial charge in [0.1, 0.15) is 0 Å². The first kappa shape index (κ1) is 15.1. The van der Waals surface area contributed by atoms with Gasteiger partial charge in [-0.05, 0) is 12.1 Å². The van der Waals surface area contributed by atoms with Crippen LogP contribution >= 0.6 is 0 Å². The number of halogens is 3. The van der Waals surface area contributed by atoms with Crippen molar-refractivity contribution in [3.05, 3.63) is 34.4 Å². The van der Waals surface area contributed by atoms with Crippen LogP contribution in [0.4, 0.5) is 18.9 Å². The molecule has 0 saturated carbocycles. The molecule has 0 N–H and O–H groups in total. The molecule has 0 bridgehead atoms. The molecule has 0 aliphatic carbocycles. The lowest BCUT2D eigenvalue weighted by Gasteiger charge is -2.12. The van der Waals surface area contributed by atoms with Gasteiger partial charge in [-0.3, -0.25) is 14.3 Å². The Morgan fingerprint density at radius 1 is 1.37 bits per heavy atom. The van der Waals surface area contributed by atoms with E-state index in [1.54, 1.807) is 0 Å². The molecule has 0 spiro atoms. The van der Waals surface area contributed by atoms with Crippen LogP contribution in [0, 0.1) is 27.4 Å².